The molecule has 8 nitrogen and oxygen atoms in total. The zero-order valence-corrected chi connectivity index (χ0v) is 20.3. The summed E-state index contributed by atoms with van der Waals surface area (Å²) in [5.41, 5.74) is 0.884. The fraction of sp³-hybridized carbons (Fsp3) is 0.261. The van der Waals surface area contributed by atoms with Crippen LogP contribution in [0.1, 0.15) is 16.1 Å². The Morgan fingerprint density at radius 3 is 2.53 bits per heavy atom. The van der Waals surface area contributed by atoms with Crippen LogP contribution in [-0.4, -0.2) is 35.4 Å². The van der Waals surface area contributed by atoms with Crippen LogP contribution >= 0.6 is 22.9 Å². The quantitative estimate of drug-likeness (QED) is 0.262. The Balaban J connectivity index is 1.52. The predicted molar refractivity (Wildman–Crippen MR) is 126 cm³/mol. The second-order valence-electron chi connectivity index (χ2n) is 7.38. The summed E-state index contributed by atoms with van der Waals surface area (Å²) in [6, 6.07) is 9.65. The standard InChI is InChI=1S/C23H19ClF3N3O5S/c1-32-8-9-33-11-18-19(36-21(28-18)13-2-4-14(5-3-13)23(25,26)27)12-34-15-6-7-16(17(24)10-15)20-29-22(31)35-30-20/h2-7,10H,8-9,11-12H2,1H3,(H,29,30,31). The Morgan fingerprint density at radius 1 is 1.11 bits per heavy atom. The average molecular weight is 542 g/mol. The van der Waals surface area contributed by atoms with Crippen molar-refractivity contribution in [1.82, 2.24) is 15.1 Å². The van der Waals surface area contributed by atoms with Gasteiger partial charge in [-0.3, -0.25) is 9.51 Å². The minimum atomic E-state index is -4.42. The molecular weight excluding hydrogens is 523 g/mol. The number of ether oxygens (including phenoxy) is 3. The van der Waals surface area contributed by atoms with E-state index < -0.39 is 17.5 Å². The first-order valence-corrected chi connectivity index (χ1v) is 11.7. The lowest BCUT2D eigenvalue weighted by Gasteiger charge is -2.08. The molecular formula is C23H19ClF3N3O5S. The van der Waals surface area contributed by atoms with E-state index in [-0.39, 0.29) is 24.1 Å². The first-order chi connectivity index (χ1) is 17.2. The van der Waals surface area contributed by atoms with Crippen LogP contribution in [0.5, 0.6) is 5.75 Å². The molecule has 2 heterocycles. The number of thiazole rings is 1. The van der Waals surface area contributed by atoms with Crippen molar-refractivity contribution < 1.29 is 31.9 Å². The first kappa shape index (κ1) is 25.9. The van der Waals surface area contributed by atoms with Crippen molar-refractivity contribution in [2.75, 3.05) is 20.3 Å². The number of nitrogens with one attached hydrogen (secondary N) is 1. The zero-order chi connectivity index (χ0) is 25.7. The van der Waals surface area contributed by atoms with E-state index in [1.807, 2.05) is 0 Å². The SMILES string of the molecule is COCCOCc1nc(-c2ccc(C(F)(F)F)cc2)sc1COc1ccc(-c2noc(=O)[nH]2)c(Cl)c1. The summed E-state index contributed by atoms with van der Waals surface area (Å²) in [6.45, 7) is 1.06. The third-order valence-electron chi connectivity index (χ3n) is 4.91. The number of alkyl halides is 3. The van der Waals surface area contributed by atoms with Crippen LogP contribution in [0.2, 0.25) is 5.02 Å². The van der Waals surface area contributed by atoms with Crippen molar-refractivity contribution in [1.29, 1.82) is 0 Å². The number of aromatic amines is 1. The van der Waals surface area contributed by atoms with Gasteiger partial charge in [0.1, 0.15) is 17.4 Å². The third kappa shape index (κ3) is 6.32. The number of rotatable bonds is 10. The van der Waals surface area contributed by atoms with Gasteiger partial charge in [0.05, 0.1) is 41.0 Å². The summed E-state index contributed by atoms with van der Waals surface area (Å²) in [6.07, 6.45) is -4.42. The molecule has 190 valence electrons. The van der Waals surface area contributed by atoms with Crippen LogP contribution < -0.4 is 10.5 Å². The lowest BCUT2D eigenvalue weighted by Crippen LogP contribution is -2.04. The van der Waals surface area contributed by atoms with Gasteiger partial charge in [-0.15, -0.1) is 11.3 Å². The van der Waals surface area contributed by atoms with Crippen molar-refractivity contribution in [2.45, 2.75) is 19.4 Å². The Morgan fingerprint density at radius 2 is 1.89 bits per heavy atom. The highest BCUT2D eigenvalue weighted by Crippen LogP contribution is 2.34. The molecule has 4 aromatic rings. The van der Waals surface area contributed by atoms with Gasteiger partial charge in [-0.25, -0.2) is 9.78 Å². The van der Waals surface area contributed by atoms with E-state index in [1.54, 1.807) is 25.3 Å². The number of halogens is 4. The molecule has 0 aliphatic carbocycles. The van der Waals surface area contributed by atoms with Crippen LogP contribution in [0.4, 0.5) is 13.2 Å². The molecule has 0 aliphatic rings. The minimum absolute atomic E-state index is 0.123. The molecule has 2 aromatic heterocycles. The molecule has 4 rings (SSSR count). The molecule has 0 amide bonds. The van der Waals surface area contributed by atoms with Crippen LogP contribution in [0.3, 0.4) is 0 Å². The van der Waals surface area contributed by atoms with Gasteiger partial charge in [0.25, 0.3) is 0 Å². The molecule has 0 bridgehead atoms. The average Bonchev–Trinajstić information content (AvgIpc) is 3.46. The molecule has 0 aliphatic heterocycles. The normalized spacial score (nSPS) is 11.7. The van der Waals surface area contributed by atoms with E-state index in [4.69, 9.17) is 25.8 Å². The minimum Gasteiger partial charge on any atom is -0.488 e. The van der Waals surface area contributed by atoms with E-state index in [0.717, 1.165) is 17.0 Å². The Hall–Kier alpha value is -3.19. The van der Waals surface area contributed by atoms with Gasteiger partial charge in [0.15, 0.2) is 5.82 Å². The zero-order valence-electron chi connectivity index (χ0n) is 18.7. The number of H-pyrrole nitrogens is 1. The maximum Gasteiger partial charge on any atom is 0.439 e. The lowest BCUT2D eigenvalue weighted by atomic mass is 10.1. The summed E-state index contributed by atoms with van der Waals surface area (Å²) in [4.78, 5) is 18.9. The molecule has 0 unspecified atom stereocenters. The molecule has 0 saturated heterocycles. The van der Waals surface area contributed by atoms with Crippen LogP contribution in [0.15, 0.2) is 51.8 Å². The van der Waals surface area contributed by atoms with E-state index in [2.05, 4.69) is 19.6 Å². The summed E-state index contributed by atoms with van der Waals surface area (Å²) < 4.78 is 59.7. The summed E-state index contributed by atoms with van der Waals surface area (Å²) in [5.74, 6) is -0.0586. The maximum atomic E-state index is 12.9. The van der Waals surface area contributed by atoms with Crippen molar-refractivity contribution in [3.63, 3.8) is 0 Å². The van der Waals surface area contributed by atoms with Crippen molar-refractivity contribution in [2.24, 2.45) is 0 Å². The van der Waals surface area contributed by atoms with E-state index >= 15 is 0 Å². The van der Waals surface area contributed by atoms with Crippen LogP contribution in [0, 0.1) is 0 Å². The lowest BCUT2D eigenvalue weighted by molar-refractivity contribution is -0.137. The summed E-state index contributed by atoms with van der Waals surface area (Å²) in [7, 11) is 1.56. The number of methoxy groups -OCH3 is 1. The van der Waals surface area contributed by atoms with E-state index in [0.29, 0.717) is 40.8 Å². The highest BCUT2D eigenvalue weighted by atomic mass is 35.5. The second kappa shape index (κ2) is 11.2. The number of nitrogens with zero attached hydrogens (tertiary/aromatic N) is 2. The highest BCUT2D eigenvalue weighted by molar-refractivity contribution is 7.15. The fourth-order valence-corrected chi connectivity index (χ4v) is 4.36. The van der Waals surface area contributed by atoms with Gasteiger partial charge in [-0.1, -0.05) is 28.9 Å². The maximum absolute atomic E-state index is 12.9. The van der Waals surface area contributed by atoms with Crippen molar-refractivity contribution in [3.8, 4) is 27.7 Å². The monoisotopic (exact) mass is 541 g/mol. The van der Waals surface area contributed by atoms with Crippen molar-refractivity contribution in [3.05, 3.63) is 74.2 Å². The Kier molecular flexibility index (Phi) is 8.09. The molecule has 0 saturated carbocycles. The number of aromatic nitrogens is 3. The van der Waals surface area contributed by atoms with Gasteiger partial charge in [0, 0.05) is 18.2 Å². The van der Waals surface area contributed by atoms with Gasteiger partial charge in [-0.05, 0) is 30.3 Å². The fourth-order valence-electron chi connectivity index (χ4n) is 3.12. The molecule has 0 radical (unpaired) electrons. The first-order valence-electron chi connectivity index (χ1n) is 10.5. The summed E-state index contributed by atoms with van der Waals surface area (Å²) >= 11 is 7.60. The third-order valence-corrected chi connectivity index (χ3v) is 6.35. The molecule has 1 N–H and O–H groups in total. The van der Waals surface area contributed by atoms with Crippen LogP contribution in [0.25, 0.3) is 22.0 Å². The van der Waals surface area contributed by atoms with Gasteiger partial charge in [-0.2, -0.15) is 13.2 Å². The largest absolute Gasteiger partial charge is 0.488 e. The molecule has 36 heavy (non-hydrogen) atoms. The number of hydrogen-bond donors (Lipinski definition) is 1. The number of benzene rings is 2. The molecule has 0 atom stereocenters. The Bertz CT molecular complexity index is 1370. The molecule has 13 heteroatoms. The van der Waals surface area contributed by atoms with Gasteiger partial charge in [0.2, 0.25) is 0 Å². The van der Waals surface area contributed by atoms with E-state index in [1.165, 1.54) is 23.5 Å². The molecule has 2 aromatic carbocycles. The molecule has 0 spiro atoms. The molecule has 0 fully saturated rings. The van der Waals surface area contributed by atoms with Crippen LogP contribution in [-0.2, 0) is 28.9 Å². The van der Waals surface area contributed by atoms with Gasteiger partial charge >= 0.3 is 11.9 Å². The van der Waals surface area contributed by atoms with Gasteiger partial charge < -0.3 is 14.2 Å². The highest BCUT2D eigenvalue weighted by Gasteiger charge is 2.30. The number of hydrogen-bond acceptors (Lipinski definition) is 8. The Labute approximate surface area is 211 Å². The predicted octanol–water partition coefficient (Wildman–Crippen LogP) is 5.57. The van der Waals surface area contributed by atoms with Crippen molar-refractivity contribution >= 4 is 22.9 Å². The van der Waals surface area contributed by atoms with E-state index in [9.17, 15) is 18.0 Å². The summed E-state index contributed by atoms with van der Waals surface area (Å²) in [5, 5.41) is 4.44. The second-order valence-corrected chi connectivity index (χ2v) is 8.87. The smallest absolute Gasteiger partial charge is 0.439 e. The topological polar surface area (TPSA) is 99.5 Å².